The first-order valence-electron chi connectivity index (χ1n) is 7.63. The smallest absolute Gasteiger partial charge is 0.0510 e. The van der Waals surface area contributed by atoms with Crippen molar-refractivity contribution in [1.29, 1.82) is 0 Å². The molecule has 0 aliphatic carbocycles. The highest BCUT2D eigenvalue weighted by atomic mass is 16.5. The minimum Gasteiger partial charge on any atom is -0.381 e. The summed E-state index contributed by atoms with van der Waals surface area (Å²) in [6, 6.07) is 0.632. The summed E-state index contributed by atoms with van der Waals surface area (Å²) in [5.41, 5.74) is 0. The third kappa shape index (κ3) is 6.72. The predicted molar refractivity (Wildman–Crippen MR) is 75.9 cm³/mol. The number of ether oxygens (including phenoxy) is 2. The number of nitrogens with one attached hydrogen (secondary N) is 1. The average molecular weight is 257 g/mol. The van der Waals surface area contributed by atoms with E-state index in [0.29, 0.717) is 12.0 Å². The van der Waals surface area contributed by atoms with Crippen molar-refractivity contribution in [3.8, 4) is 0 Å². The molecule has 1 heterocycles. The second kappa shape index (κ2) is 9.76. The average Bonchev–Trinajstić information content (AvgIpc) is 2.36. The van der Waals surface area contributed by atoms with E-state index < -0.39 is 0 Å². The van der Waals surface area contributed by atoms with Gasteiger partial charge in [0.2, 0.25) is 0 Å². The molecule has 0 amide bonds. The minimum atomic E-state index is 0.629. The van der Waals surface area contributed by atoms with Crippen molar-refractivity contribution in [3.05, 3.63) is 0 Å². The second-order valence-electron chi connectivity index (χ2n) is 5.77. The Morgan fingerprint density at radius 2 is 2.17 bits per heavy atom. The predicted octanol–water partition coefficient (Wildman–Crippen LogP) is 2.84. The van der Waals surface area contributed by atoms with Crippen molar-refractivity contribution in [3.63, 3.8) is 0 Å². The van der Waals surface area contributed by atoms with Crippen molar-refractivity contribution in [2.24, 2.45) is 11.8 Å². The van der Waals surface area contributed by atoms with Crippen LogP contribution in [0, 0.1) is 11.8 Å². The molecular formula is C15H31NO2. The van der Waals surface area contributed by atoms with Gasteiger partial charge in [0.05, 0.1) is 6.61 Å². The molecule has 1 N–H and O–H groups in total. The highest BCUT2D eigenvalue weighted by Crippen LogP contribution is 2.18. The molecule has 3 heteroatoms. The molecule has 0 aromatic heterocycles. The van der Waals surface area contributed by atoms with Gasteiger partial charge in [-0.3, -0.25) is 0 Å². The summed E-state index contributed by atoms with van der Waals surface area (Å²) in [6.45, 7) is 11.4. The summed E-state index contributed by atoms with van der Waals surface area (Å²) in [5, 5.41) is 3.64. The maximum atomic E-state index is 5.72. The molecule has 1 rings (SSSR count). The standard InChI is InChI=1S/C15H31NO2/c1-4-8-16-15-7-11-18-12-14(15)6-10-17-9-5-13(2)3/h13-16H,4-12H2,1-3H3. The largest absolute Gasteiger partial charge is 0.381 e. The minimum absolute atomic E-state index is 0.629. The highest BCUT2D eigenvalue weighted by Gasteiger charge is 2.24. The van der Waals surface area contributed by atoms with Crippen molar-refractivity contribution >= 4 is 0 Å². The normalized spacial score (nSPS) is 24.7. The molecule has 0 radical (unpaired) electrons. The van der Waals surface area contributed by atoms with E-state index >= 15 is 0 Å². The van der Waals surface area contributed by atoms with Crippen LogP contribution in [0.25, 0.3) is 0 Å². The molecule has 0 aromatic carbocycles. The van der Waals surface area contributed by atoms with Gasteiger partial charge >= 0.3 is 0 Å². The van der Waals surface area contributed by atoms with E-state index in [1.165, 1.54) is 12.8 Å². The maximum absolute atomic E-state index is 5.72. The second-order valence-corrected chi connectivity index (χ2v) is 5.77. The SMILES string of the molecule is CCCNC1CCOCC1CCOCCC(C)C. The molecule has 0 saturated carbocycles. The molecule has 2 atom stereocenters. The van der Waals surface area contributed by atoms with E-state index in [0.717, 1.165) is 51.7 Å². The van der Waals surface area contributed by atoms with Crippen molar-refractivity contribution in [1.82, 2.24) is 5.32 Å². The summed E-state index contributed by atoms with van der Waals surface area (Å²) in [6.07, 6.45) is 4.64. The van der Waals surface area contributed by atoms with Gasteiger partial charge in [-0.05, 0) is 44.1 Å². The quantitative estimate of drug-likeness (QED) is 0.644. The summed E-state index contributed by atoms with van der Waals surface area (Å²) < 4.78 is 11.3. The Morgan fingerprint density at radius 3 is 2.89 bits per heavy atom. The zero-order chi connectivity index (χ0) is 13.2. The molecule has 3 nitrogen and oxygen atoms in total. The molecule has 0 spiro atoms. The van der Waals surface area contributed by atoms with Crippen molar-refractivity contribution < 1.29 is 9.47 Å². The van der Waals surface area contributed by atoms with E-state index in [-0.39, 0.29) is 0 Å². The third-order valence-electron chi connectivity index (χ3n) is 3.60. The van der Waals surface area contributed by atoms with Gasteiger partial charge < -0.3 is 14.8 Å². The summed E-state index contributed by atoms with van der Waals surface area (Å²) in [5.74, 6) is 1.37. The van der Waals surface area contributed by atoms with Gasteiger partial charge in [-0.25, -0.2) is 0 Å². The van der Waals surface area contributed by atoms with E-state index in [9.17, 15) is 0 Å². The van der Waals surface area contributed by atoms with Gasteiger partial charge in [0.15, 0.2) is 0 Å². The zero-order valence-electron chi connectivity index (χ0n) is 12.4. The summed E-state index contributed by atoms with van der Waals surface area (Å²) in [4.78, 5) is 0. The topological polar surface area (TPSA) is 30.5 Å². The van der Waals surface area contributed by atoms with E-state index in [4.69, 9.17) is 9.47 Å². The Bertz CT molecular complexity index is 197. The number of hydrogen-bond donors (Lipinski definition) is 1. The van der Waals surface area contributed by atoms with Crippen LogP contribution < -0.4 is 5.32 Å². The maximum Gasteiger partial charge on any atom is 0.0510 e. The lowest BCUT2D eigenvalue weighted by Gasteiger charge is -2.32. The summed E-state index contributed by atoms with van der Waals surface area (Å²) in [7, 11) is 0. The highest BCUT2D eigenvalue weighted by molar-refractivity contribution is 4.79. The fraction of sp³-hybridized carbons (Fsp3) is 1.00. The lowest BCUT2D eigenvalue weighted by atomic mass is 9.93. The zero-order valence-corrected chi connectivity index (χ0v) is 12.4. The Labute approximate surface area is 113 Å². The lowest BCUT2D eigenvalue weighted by molar-refractivity contribution is 0.0131. The van der Waals surface area contributed by atoms with E-state index in [1.807, 2.05) is 0 Å². The molecule has 1 aliphatic rings. The molecule has 18 heavy (non-hydrogen) atoms. The Morgan fingerprint density at radius 1 is 1.33 bits per heavy atom. The molecule has 1 aliphatic heterocycles. The van der Waals surface area contributed by atoms with Gasteiger partial charge in [-0.1, -0.05) is 20.8 Å². The van der Waals surface area contributed by atoms with E-state index in [2.05, 4.69) is 26.1 Å². The molecule has 1 saturated heterocycles. The molecule has 0 aromatic rings. The third-order valence-corrected chi connectivity index (χ3v) is 3.60. The fourth-order valence-electron chi connectivity index (χ4n) is 2.34. The monoisotopic (exact) mass is 257 g/mol. The van der Waals surface area contributed by atoms with Crippen LogP contribution in [0.5, 0.6) is 0 Å². The van der Waals surface area contributed by atoms with Gasteiger partial charge in [0, 0.05) is 25.9 Å². The molecule has 2 unspecified atom stereocenters. The van der Waals surface area contributed by atoms with Crippen molar-refractivity contribution in [2.45, 2.75) is 52.5 Å². The molecule has 108 valence electrons. The first-order valence-corrected chi connectivity index (χ1v) is 7.63. The van der Waals surface area contributed by atoms with Gasteiger partial charge in [-0.15, -0.1) is 0 Å². The number of rotatable bonds is 9. The molecule has 1 fully saturated rings. The van der Waals surface area contributed by atoms with Crippen LogP contribution >= 0.6 is 0 Å². The van der Waals surface area contributed by atoms with Crippen molar-refractivity contribution in [2.75, 3.05) is 33.0 Å². The molecular weight excluding hydrogens is 226 g/mol. The van der Waals surface area contributed by atoms with Crippen LogP contribution in [0.2, 0.25) is 0 Å². The lowest BCUT2D eigenvalue weighted by Crippen LogP contribution is -2.43. The molecule has 0 bridgehead atoms. The van der Waals surface area contributed by atoms with Crippen LogP contribution in [-0.4, -0.2) is 39.0 Å². The van der Waals surface area contributed by atoms with Crippen LogP contribution in [0.3, 0.4) is 0 Å². The van der Waals surface area contributed by atoms with Crippen LogP contribution in [0.4, 0.5) is 0 Å². The van der Waals surface area contributed by atoms with Gasteiger partial charge in [0.1, 0.15) is 0 Å². The van der Waals surface area contributed by atoms with Gasteiger partial charge in [0.25, 0.3) is 0 Å². The van der Waals surface area contributed by atoms with Crippen LogP contribution in [0.1, 0.15) is 46.5 Å². The van der Waals surface area contributed by atoms with Crippen LogP contribution in [0.15, 0.2) is 0 Å². The van der Waals surface area contributed by atoms with E-state index in [1.54, 1.807) is 0 Å². The first kappa shape index (κ1) is 15.9. The Hall–Kier alpha value is -0.120. The fourth-order valence-corrected chi connectivity index (χ4v) is 2.34. The number of hydrogen-bond acceptors (Lipinski definition) is 3. The summed E-state index contributed by atoms with van der Waals surface area (Å²) >= 11 is 0. The first-order chi connectivity index (χ1) is 8.74. The van der Waals surface area contributed by atoms with Crippen LogP contribution in [-0.2, 0) is 9.47 Å². The van der Waals surface area contributed by atoms with Gasteiger partial charge in [-0.2, -0.15) is 0 Å². The Balaban J connectivity index is 2.12. The Kier molecular flexibility index (Phi) is 8.64.